The summed E-state index contributed by atoms with van der Waals surface area (Å²) in [6, 6.07) is 7.77. The van der Waals surface area contributed by atoms with Gasteiger partial charge in [-0.25, -0.2) is 0 Å². The Morgan fingerprint density at radius 3 is 2.53 bits per heavy atom. The zero-order chi connectivity index (χ0) is 12.5. The van der Waals surface area contributed by atoms with Crippen LogP contribution in [0, 0.1) is 0 Å². The molecular formula is C13H19N3O. The van der Waals surface area contributed by atoms with Gasteiger partial charge in [-0.1, -0.05) is 12.1 Å². The van der Waals surface area contributed by atoms with Crippen molar-refractivity contribution in [2.45, 2.75) is 25.7 Å². The van der Waals surface area contributed by atoms with Crippen molar-refractivity contribution in [2.24, 2.45) is 5.84 Å². The predicted octanol–water partition coefficient (Wildman–Crippen LogP) is 1.48. The predicted molar refractivity (Wildman–Crippen MR) is 68.5 cm³/mol. The van der Waals surface area contributed by atoms with Gasteiger partial charge in [0.1, 0.15) is 0 Å². The first-order chi connectivity index (χ1) is 8.11. The van der Waals surface area contributed by atoms with E-state index in [0.29, 0.717) is 0 Å². The Morgan fingerprint density at radius 1 is 1.41 bits per heavy atom. The summed E-state index contributed by atoms with van der Waals surface area (Å²) >= 11 is 0. The van der Waals surface area contributed by atoms with Gasteiger partial charge in [0.05, 0.1) is 5.41 Å². The van der Waals surface area contributed by atoms with Gasteiger partial charge in [0.15, 0.2) is 0 Å². The van der Waals surface area contributed by atoms with Gasteiger partial charge in [-0.15, -0.1) is 0 Å². The zero-order valence-electron chi connectivity index (χ0n) is 10.4. The number of hydrazine groups is 1. The second-order valence-electron chi connectivity index (χ2n) is 4.69. The first-order valence-electron chi connectivity index (χ1n) is 5.98. The maximum atomic E-state index is 12.3. The minimum atomic E-state index is -0.372. The molecule has 4 heteroatoms. The molecule has 1 fully saturated rings. The highest BCUT2D eigenvalue weighted by molar-refractivity contribution is 5.90. The highest BCUT2D eigenvalue weighted by Crippen LogP contribution is 2.35. The lowest BCUT2D eigenvalue weighted by atomic mass is 9.81. The summed E-state index contributed by atoms with van der Waals surface area (Å²) < 4.78 is 0. The molecule has 0 spiro atoms. The van der Waals surface area contributed by atoms with E-state index in [1.165, 1.54) is 0 Å². The quantitative estimate of drug-likeness (QED) is 0.614. The number of carbonyl (C=O) groups excluding carboxylic acids is 1. The Balaban J connectivity index is 2.29. The van der Waals surface area contributed by atoms with Crippen molar-refractivity contribution in [2.75, 3.05) is 18.5 Å². The molecule has 1 aromatic rings. The number of likely N-dealkylation sites (tertiary alicyclic amines) is 1. The minimum Gasteiger partial charge on any atom is -0.342 e. The van der Waals surface area contributed by atoms with Gasteiger partial charge in [0.2, 0.25) is 5.91 Å². The molecule has 1 aromatic carbocycles. The maximum absolute atomic E-state index is 12.3. The normalized spacial score (nSPS) is 24.2. The summed E-state index contributed by atoms with van der Waals surface area (Å²) in [6.45, 7) is 5.68. The van der Waals surface area contributed by atoms with E-state index in [0.717, 1.165) is 30.8 Å². The van der Waals surface area contributed by atoms with Crippen molar-refractivity contribution in [3.05, 3.63) is 29.8 Å². The summed E-state index contributed by atoms with van der Waals surface area (Å²) in [5.41, 5.74) is 4.14. The second-order valence-corrected chi connectivity index (χ2v) is 4.69. The van der Waals surface area contributed by atoms with E-state index in [1.54, 1.807) is 0 Å². The number of nitrogens with zero attached hydrogens (tertiary/aromatic N) is 1. The average molecular weight is 233 g/mol. The number of hydrogen-bond acceptors (Lipinski definition) is 3. The van der Waals surface area contributed by atoms with Crippen molar-refractivity contribution in [3.8, 4) is 0 Å². The van der Waals surface area contributed by atoms with Gasteiger partial charge >= 0.3 is 0 Å². The van der Waals surface area contributed by atoms with E-state index in [4.69, 9.17) is 5.84 Å². The third kappa shape index (κ3) is 1.89. The number of nitrogens with two attached hydrogens (primary N) is 1. The molecule has 1 aliphatic rings. The number of carbonyl (C=O) groups is 1. The minimum absolute atomic E-state index is 0.230. The van der Waals surface area contributed by atoms with E-state index in [9.17, 15) is 4.79 Å². The van der Waals surface area contributed by atoms with Crippen LogP contribution in [0.5, 0.6) is 0 Å². The van der Waals surface area contributed by atoms with Gasteiger partial charge in [-0.2, -0.15) is 0 Å². The molecule has 1 heterocycles. The van der Waals surface area contributed by atoms with Crippen molar-refractivity contribution >= 4 is 11.6 Å². The molecule has 2 rings (SSSR count). The fraction of sp³-hybridized carbons (Fsp3) is 0.462. The van der Waals surface area contributed by atoms with Gasteiger partial charge < -0.3 is 10.3 Å². The lowest BCUT2D eigenvalue weighted by molar-refractivity contribution is -0.131. The second kappa shape index (κ2) is 4.37. The van der Waals surface area contributed by atoms with Crippen molar-refractivity contribution in [1.29, 1.82) is 0 Å². The molecule has 1 aliphatic heterocycles. The number of nitrogens with one attached hydrogen (secondary N) is 1. The molecule has 1 saturated heterocycles. The number of amides is 1. The number of rotatable bonds is 3. The third-order valence-corrected chi connectivity index (χ3v) is 3.71. The van der Waals surface area contributed by atoms with Crippen LogP contribution in [-0.2, 0) is 10.2 Å². The molecule has 17 heavy (non-hydrogen) atoms. The van der Waals surface area contributed by atoms with Crippen LogP contribution in [0.1, 0.15) is 25.8 Å². The highest BCUT2D eigenvalue weighted by Gasteiger charge is 2.43. The Labute approximate surface area is 102 Å². The molecule has 0 saturated carbocycles. The van der Waals surface area contributed by atoms with Crippen LogP contribution >= 0.6 is 0 Å². The number of anilines is 1. The van der Waals surface area contributed by atoms with Crippen molar-refractivity contribution in [3.63, 3.8) is 0 Å². The summed E-state index contributed by atoms with van der Waals surface area (Å²) in [7, 11) is 0. The number of likely N-dealkylation sites (N-methyl/N-ethyl adjacent to an activating group) is 1. The van der Waals surface area contributed by atoms with Crippen LogP contribution in [0.15, 0.2) is 24.3 Å². The molecular weight excluding hydrogens is 214 g/mol. The van der Waals surface area contributed by atoms with Gasteiger partial charge in [-0.3, -0.25) is 10.6 Å². The lowest BCUT2D eigenvalue weighted by Gasteiger charge is -2.23. The molecule has 0 radical (unpaired) electrons. The largest absolute Gasteiger partial charge is 0.342 e. The SMILES string of the molecule is CCN1CCC(C)(c2ccc(NN)cc2)C1=O. The summed E-state index contributed by atoms with van der Waals surface area (Å²) in [5, 5.41) is 0. The Hall–Kier alpha value is -1.55. The molecule has 3 N–H and O–H groups in total. The maximum Gasteiger partial charge on any atom is 0.233 e. The molecule has 1 unspecified atom stereocenters. The van der Waals surface area contributed by atoms with Crippen LogP contribution in [0.3, 0.4) is 0 Å². The lowest BCUT2D eigenvalue weighted by Crippen LogP contribution is -2.35. The van der Waals surface area contributed by atoms with Crippen LogP contribution in [0.25, 0.3) is 0 Å². The van der Waals surface area contributed by atoms with Crippen molar-refractivity contribution < 1.29 is 4.79 Å². The Kier molecular flexibility index (Phi) is 3.07. The standard InChI is InChI=1S/C13H19N3O/c1-3-16-9-8-13(2,12(16)17)10-4-6-11(15-14)7-5-10/h4-7,15H,3,8-9,14H2,1-2H3. The van der Waals surface area contributed by atoms with Crippen LogP contribution in [0.2, 0.25) is 0 Å². The van der Waals surface area contributed by atoms with Gasteiger partial charge in [-0.05, 0) is 38.0 Å². The molecule has 0 aromatic heterocycles. The fourth-order valence-corrected chi connectivity index (χ4v) is 2.42. The summed E-state index contributed by atoms with van der Waals surface area (Å²) in [6.07, 6.45) is 0.884. The topological polar surface area (TPSA) is 58.4 Å². The van der Waals surface area contributed by atoms with E-state index in [2.05, 4.69) is 5.43 Å². The van der Waals surface area contributed by atoms with Crippen LogP contribution < -0.4 is 11.3 Å². The Bertz CT molecular complexity index is 415. The third-order valence-electron chi connectivity index (χ3n) is 3.71. The first-order valence-corrected chi connectivity index (χ1v) is 5.98. The van der Waals surface area contributed by atoms with Crippen molar-refractivity contribution in [1.82, 2.24) is 4.90 Å². The number of nitrogen functional groups attached to an aromatic ring is 1. The molecule has 4 nitrogen and oxygen atoms in total. The van der Waals surface area contributed by atoms with Crippen LogP contribution in [-0.4, -0.2) is 23.9 Å². The highest BCUT2D eigenvalue weighted by atomic mass is 16.2. The summed E-state index contributed by atoms with van der Waals surface area (Å²) in [4.78, 5) is 14.2. The molecule has 0 bridgehead atoms. The van der Waals surface area contributed by atoms with Crippen LogP contribution in [0.4, 0.5) is 5.69 Å². The molecule has 92 valence electrons. The van der Waals surface area contributed by atoms with E-state index < -0.39 is 0 Å². The van der Waals surface area contributed by atoms with E-state index >= 15 is 0 Å². The fourth-order valence-electron chi connectivity index (χ4n) is 2.42. The molecule has 1 atom stereocenters. The average Bonchev–Trinajstić information content (AvgIpc) is 2.67. The number of hydrogen-bond donors (Lipinski definition) is 2. The van der Waals surface area contributed by atoms with Gasteiger partial charge in [0.25, 0.3) is 0 Å². The zero-order valence-corrected chi connectivity index (χ0v) is 10.4. The summed E-state index contributed by atoms with van der Waals surface area (Å²) in [5.74, 6) is 5.56. The van der Waals surface area contributed by atoms with E-state index in [-0.39, 0.29) is 11.3 Å². The smallest absolute Gasteiger partial charge is 0.233 e. The van der Waals surface area contributed by atoms with Gasteiger partial charge in [0, 0.05) is 18.8 Å². The first kappa shape index (κ1) is 11.9. The molecule has 1 amide bonds. The monoisotopic (exact) mass is 233 g/mol. The Morgan fingerprint density at radius 2 is 2.06 bits per heavy atom. The van der Waals surface area contributed by atoms with E-state index in [1.807, 2.05) is 43.0 Å². The molecule has 0 aliphatic carbocycles. The number of benzene rings is 1.